The number of hydrogen-bond acceptors (Lipinski definition) is 2. The molecule has 1 N–H and O–H groups in total. The van der Waals surface area contributed by atoms with Crippen LogP contribution in [0.2, 0.25) is 0 Å². The molecule has 0 bridgehead atoms. The summed E-state index contributed by atoms with van der Waals surface area (Å²) in [5, 5.41) is 3.50. The third-order valence-electron chi connectivity index (χ3n) is 4.53. The van der Waals surface area contributed by atoms with Gasteiger partial charge in [0.2, 0.25) is 0 Å². The fourth-order valence-corrected chi connectivity index (χ4v) is 3.26. The topological polar surface area (TPSA) is 15.3 Å². The van der Waals surface area contributed by atoms with Crippen LogP contribution in [0, 0.1) is 18.8 Å². The third-order valence-corrected chi connectivity index (χ3v) is 4.53. The highest BCUT2D eigenvalue weighted by Gasteiger charge is 2.37. The van der Waals surface area contributed by atoms with Crippen molar-refractivity contribution in [2.45, 2.75) is 19.9 Å². The van der Waals surface area contributed by atoms with E-state index in [4.69, 9.17) is 0 Å². The minimum atomic E-state index is 0.571. The summed E-state index contributed by atoms with van der Waals surface area (Å²) in [7, 11) is 0. The Kier molecular flexibility index (Phi) is 2.93. The number of likely N-dealkylation sites (tertiary alicyclic amines) is 1. The molecule has 1 aromatic carbocycles. The molecule has 2 saturated heterocycles. The van der Waals surface area contributed by atoms with E-state index in [1.165, 1.54) is 37.3 Å². The van der Waals surface area contributed by atoms with E-state index in [2.05, 4.69) is 48.3 Å². The number of rotatable bonds is 2. The van der Waals surface area contributed by atoms with Crippen molar-refractivity contribution >= 4 is 0 Å². The van der Waals surface area contributed by atoms with Crippen molar-refractivity contribution < 1.29 is 0 Å². The second kappa shape index (κ2) is 4.43. The molecule has 1 aromatic rings. The normalized spacial score (nSPS) is 30.5. The molecular formula is C15H22N2. The fraction of sp³-hybridized carbons (Fsp3) is 0.600. The summed E-state index contributed by atoms with van der Waals surface area (Å²) in [6.07, 6.45) is 0. The molecule has 0 saturated carbocycles. The van der Waals surface area contributed by atoms with E-state index in [1.54, 1.807) is 0 Å². The van der Waals surface area contributed by atoms with Crippen molar-refractivity contribution in [3.8, 4) is 0 Å². The predicted octanol–water partition coefficient (Wildman–Crippen LogP) is 2.21. The maximum absolute atomic E-state index is 3.50. The predicted molar refractivity (Wildman–Crippen MR) is 71.0 cm³/mol. The van der Waals surface area contributed by atoms with Gasteiger partial charge in [0.15, 0.2) is 0 Å². The zero-order chi connectivity index (χ0) is 11.8. The first kappa shape index (κ1) is 11.2. The molecule has 0 aliphatic carbocycles. The molecule has 0 aromatic heterocycles. The highest BCUT2D eigenvalue weighted by molar-refractivity contribution is 5.24. The van der Waals surface area contributed by atoms with Gasteiger partial charge in [0.25, 0.3) is 0 Å². The first-order valence-electron chi connectivity index (χ1n) is 6.75. The van der Waals surface area contributed by atoms with Crippen molar-refractivity contribution in [1.29, 1.82) is 0 Å². The highest BCUT2D eigenvalue weighted by atomic mass is 15.2. The van der Waals surface area contributed by atoms with Gasteiger partial charge in [-0.05, 0) is 44.3 Å². The summed E-state index contributed by atoms with van der Waals surface area (Å²) >= 11 is 0. The fourth-order valence-electron chi connectivity index (χ4n) is 3.26. The van der Waals surface area contributed by atoms with E-state index >= 15 is 0 Å². The Balaban J connectivity index is 1.70. The monoisotopic (exact) mass is 230 g/mol. The van der Waals surface area contributed by atoms with E-state index in [0.29, 0.717) is 6.04 Å². The Morgan fingerprint density at radius 2 is 1.71 bits per heavy atom. The smallest absolute Gasteiger partial charge is 0.0320 e. The minimum Gasteiger partial charge on any atom is -0.316 e. The average Bonchev–Trinajstić information content (AvgIpc) is 2.89. The first-order chi connectivity index (χ1) is 8.24. The molecule has 0 amide bonds. The summed E-state index contributed by atoms with van der Waals surface area (Å²) in [6, 6.07) is 9.59. The van der Waals surface area contributed by atoms with Gasteiger partial charge in [-0.1, -0.05) is 29.8 Å². The van der Waals surface area contributed by atoms with Gasteiger partial charge in [0.1, 0.15) is 0 Å². The summed E-state index contributed by atoms with van der Waals surface area (Å²) < 4.78 is 0. The van der Waals surface area contributed by atoms with Crippen LogP contribution in [0.3, 0.4) is 0 Å². The lowest BCUT2D eigenvalue weighted by Crippen LogP contribution is -2.28. The van der Waals surface area contributed by atoms with Crippen LogP contribution in [0.5, 0.6) is 0 Å². The van der Waals surface area contributed by atoms with Gasteiger partial charge in [-0.2, -0.15) is 0 Å². The summed E-state index contributed by atoms with van der Waals surface area (Å²) in [5.74, 6) is 1.78. The highest BCUT2D eigenvalue weighted by Crippen LogP contribution is 2.32. The molecule has 2 fully saturated rings. The van der Waals surface area contributed by atoms with Crippen LogP contribution in [-0.2, 0) is 0 Å². The van der Waals surface area contributed by atoms with Crippen LogP contribution in [0.15, 0.2) is 24.3 Å². The molecule has 17 heavy (non-hydrogen) atoms. The molecule has 2 aliphatic rings. The van der Waals surface area contributed by atoms with Gasteiger partial charge in [0, 0.05) is 19.1 Å². The van der Waals surface area contributed by atoms with E-state index in [-0.39, 0.29) is 0 Å². The number of nitrogens with one attached hydrogen (secondary N) is 1. The van der Waals surface area contributed by atoms with Crippen LogP contribution >= 0.6 is 0 Å². The lowest BCUT2D eigenvalue weighted by atomic mass is 10.0. The van der Waals surface area contributed by atoms with Crippen LogP contribution in [-0.4, -0.2) is 31.1 Å². The lowest BCUT2D eigenvalue weighted by molar-refractivity contribution is 0.244. The Bertz CT molecular complexity index is 372. The van der Waals surface area contributed by atoms with Gasteiger partial charge in [-0.15, -0.1) is 0 Å². The summed E-state index contributed by atoms with van der Waals surface area (Å²) in [5.41, 5.74) is 2.81. The number of nitrogens with zero attached hydrogens (tertiary/aromatic N) is 1. The van der Waals surface area contributed by atoms with Gasteiger partial charge in [-0.25, -0.2) is 0 Å². The summed E-state index contributed by atoms with van der Waals surface area (Å²) in [6.45, 7) is 9.49. The number of aryl methyl sites for hydroxylation is 1. The Labute approximate surface area is 104 Å². The summed E-state index contributed by atoms with van der Waals surface area (Å²) in [4.78, 5) is 2.65. The van der Waals surface area contributed by atoms with Crippen LogP contribution in [0.1, 0.15) is 24.1 Å². The van der Waals surface area contributed by atoms with Gasteiger partial charge in [-0.3, -0.25) is 4.90 Å². The quantitative estimate of drug-likeness (QED) is 0.838. The maximum Gasteiger partial charge on any atom is 0.0320 e. The molecule has 2 heteroatoms. The molecular weight excluding hydrogens is 208 g/mol. The molecule has 3 rings (SSSR count). The van der Waals surface area contributed by atoms with E-state index in [1.807, 2.05) is 0 Å². The van der Waals surface area contributed by atoms with Crippen LogP contribution in [0.4, 0.5) is 0 Å². The SMILES string of the molecule is Cc1ccc(C(C)N2CC3CNCC3C2)cc1. The van der Waals surface area contributed by atoms with Crippen molar-refractivity contribution in [2.24, 2.45) is 11.8 Å². The van der Waals surface area contributed by atoms with Crippen molar-refractivity contribution in [2.75, 3.05) is 26.2 Å². The van der Waals surface area contributed by atoms with Gasteiger partial charge < -0.3 is 5.32 Å². The largest absolute Gasteiger partial charge is 0.316 e. The zero-order valence-electron chi connectivity index (χ0n) is 10.8. The molecule has 2 aliphatic heterocycles. The Morgan fingerprint density at radius 3 is 2.29 bits per heavy atom. The van der Waals surface area contributed by atoms with Gasteiger partial charge in [0.05, 0.1) is 0 Å². The van der Waals surface area contributed by atoms with Crippen LogP contribution in [0.25, 0.3) is 0 Å². The number of fused-ring (bicyclic) bond motifs is 1. The molecule has 3 atom stereocenters. The third kappa shape index (κ3) is 2.12. The van der Waals surface area contributed by atoms with Crippen molar-refractivity contribution in [3.63, 3.8) is 0 Å². The van der Waals surface area contributed by atoms with Crippen LogP contribution < -0.4 is 5.32 Å². The lowest BCUT2D eigenvalue weighted by Gasteiger charge is -2.25. The van der Waals surface area contributed by atoms with E-state index in [0.717, 1.165) is 11.8 Å². The van der Waals surface area contributed by atoms with Crippen molar-refractivity contribution in [3.05, 3.63) is 35.4 Å². The molecule has 3 unspecified atom stereocenters. The standard InChI is InChI=1S/C15H22N2/c1-11-3-5-13(6-4-11)12(2)17-9-14-7-16-8-15(14)10-17/h3-6,12,14-16H,7-10H2,1-2H3. The minimum absolute atomic E-state index is 0.571. The van der Waals surface area contributed by atoms with E-state index < -0.39 is 0 Å². The van der Waals surface area contributed by atoms with Crippen molar-refractivity contribution in [1.82, 2.24) is 10.2 Å². The number of benzene rings is 1. The second-order valence-corrected chi connectivity index (χ2v) is 5.72. The first-order valence-corrected chi connectivity index (χ1v) is 6.75. The maximum atomic E-state index is 3.50. The molecule has 92 valence electrons. The Morgan fingerprint density at radius 1 is 1.12 bits per heavy atom. The molecule has 0 spiro atoms. The Hall–Kier alpha value is -0.860. The van der Waals surface area contributed by atoms with E-state index in [9.17, 15) is 0 Å². The zero-order valence-corrected chi connectivity index (χ0v) is 10.8. The molecule has 0 radical (unpaired) electrons. The molecule has 2 nitrogen and oxygen atoms in total. The molecule has 2 heterocycles. The van der Waals surface area contributed by atoms with Gasteiger partial charge >= 0.3 is 0 Å². The second-order valence-electron chi connectivity index (χ2n) is 5.72. The number of hydrogen-bond donors (Lipinski definition) is 1. The average molecular weight is 230 g/mol.